The first kappa shape index (κ1) is 14.2. The fourth-order valence-electron chi connectivity index (χ4n) is 1.40. The molecule has 0 aliphatic rings. The number of benzene rings is 1. The summed E-state index contributed by atoms with van der Waals surface area (Å²) >= 11 is 0. The summed E-state index contributed by atoms with van der Waals surface area (Å²) in [5.41, 5.74) is 6.59. The summed E-state index contributed by atoms with van der Waals surface area (Å²) in [6.45, 7) is 3.83. The molecule has 0 spiro atoms. The van der Waals surface area contributed by atoms with Crippen molar-refractivity contribution in [2.45, 2.75) is 26.4 Å². The molecular weight excluding hydrogens is 232 g/mol. The van der Waals surface area contributed by atoms with Crippen LogP contribution in [-0.2, 0) is 11.3 Å². The van der Waals surface area contributed by atoms with Gasteiger partial charge in [-0.3, -0.25) is 4.79 Å². The largest absolute Gasteiger partial charge is 0.478 e. The third-order valence-electron chi connectivity index (χ3n) is 2.84. The molecule has 5 heteroatoms. The third kappa shape index (κ3) is 3.85. The van der Waals surface area contributed by atoms with Crippen LogP contribution in [0.4, 0.5) is 0 Å². The van der Waals surface area contributed by atoms with E-state index in [-0.39, 0.29) is 23.4 Å². The van der Waals surface area contributed by atoms with Crippen LogP contribution < -0.4 is 11.1 Å². The lowest BCUT2D eigenvalue weighted by atomic mass is 10.0. The second-order valence-corrected chi connectivity index (χ2v) is 4.37. The van der Waals surface area contributed by atoms with Gasteiger partial charge in [0.1, 0.15) is 0 Å². The number of hydrogen-bond acceptors (Lipinski definition) is 3. The molecule has 2 atom stereocenters. The zero-order valence-corrected chi connectivity index (χ0v) is 10.5. The normalized spacial score (nSPS) is 13.7. The maximum absolute atomic E-state index is 11.7. The van der Waals surface area contributed by atoms with Gasteiger partial charge < -0.3 is 16.2 Å². The van der Waals surface area contributed by atoms with Gasteiger partial charge in [-0.25, -0.2) is 4.79 Å². The number of amides is 1. The standard InChI is InChI=1S/C13H18N2O3/c1-8(9(2)14)12(16)15-7-10-4-3-5-11(6-10)13(17)18/h3-6,8-9H,7,14H2,1-2H3,(H,15,16)(H,17,18). The first-order valence-corrected chi connectivity index (χ1v) is 5.77. The van der Waals surface area contributed by atoms with Crippen LogP contribution in [0.2, 0.25) is 0 Å². The maximum Gasteiger partial charge on any atom is 0.335 e. The van der Waals surface area contributed by atoms with Crippen LogP contribution >= 0.6 is 0 Å². The molecule has 4 N–H and O–H groups in total. The highest BCUT2D eigenvalue weighted by Gasteiger charge is 2.16. The van der Waals surface area contributed by atoms with Crippen molar-refractivity contribution in [2.24, 2.45) is 11.7 Å². The van der Waals surface area contributed by atoms with E-state index in [0.717, 1.165) is 5.56 Å². The summed E-state index contributed by atoms with van der Waals surface area (Å²) in [4.78, 5) is 22.5. The molecule has 0 bridgehead atoms. The van der Waals surface area contributed by atoms with E-state index in [9.17, 15) is 9.59 Å². The van der Waals surface area contributed by atoms with Gasteiger partial charge in [0.2, 0.25) is 5.91 Å². The molecule has 0 saturated heterocycles. The van der Waals surface area contributed by atoms with E-state index in [1.54, 1.807) is 32.0 Å². The Morgan fingerprint density at radius 3 is 2.61 bits per heavy atom. The van der Waals surface area contributed by atoms with Crippen molar-refractivity contribution in [3.63, 3.8) is 0 Å². The fraction of sp³-hybridized carbons (Fsp3) is 0.385. The van der Waals surface area contributed by atoms with Gasteiger partial charge in [-0.15, -0.1) is 0 Å². The first-order valence-electron chi connectivity index (χ1n) is 5.77. The molecule has 98 valence electrons. The van der Waals surface area contributed by atoms with Crippen molar-refractivity contribution in [1.29, 1.82) is 0 Å². The van der Waals surface area contributed by atoms with Gasteiger partial charge in [0.25, 0.3) is 0 Å². The molecule has 5 nitrogen and oxygen atoms in total. The maximum atomic E-state index is 11.7. The number of carboxylic acid groups (broad SMARTS) is 1. The Balaban J connectivity index is 2.61. The molecule has 1 amide bonds. The minimum Gasteiger partial charge on any atom is -0.478 e. The van der Waals surface area contributed by atoms with E-state index in [2.05, 4.69) is 5.32 Å². The van der Waals surface area contributed by atoms with Crippen LogP contribution in [0.3, 0.4) is 0 Å². The Morgan fingerprint density at radius 2 is 2.06 bits per heavy atom. The summed E-state index contributed by atoms with van der Waals surface area (Å²) in [7, 11) is 0. The number of carbonyl (C=O) groups is 2. The molecule has 1 aromatic rings. The Labute approximate surface area is 106 Å². The molecule has 0 radical (unpaired) electrons. The van der Waals surface area contributed by atoms with Crippen molar-refractivity contribution < 1.29 is 14.7 Å². The van der Waals surface area contributed by atoms with E-state index in [4.69, 9.17) is 10.8 Å². The van der Waals surface area contributed by atoms with Crippen LogP contribution in [-0.4, -0.2) is 23.0 Å². The van der Waals surface area contributed by atoms with Gasteiger partial charge in [-0.2, -0.15) is 0 Å². The minimum atomic E-state index is -0.980. The number of nitrogens with two attached hydrogens (primary N) is 1. The summed E-state index contributed by atoms with van der Waals surface area (Å²) < 4.78 is 0. The van der Waals surface area contributed by atoms with Crippen molar-refractivity contribution in [1.82, 2.24) is 5.32 Å². The van der Waals surface area contributed by atoms with Gasteiger partial charge in [-0.1, -0.05) is 19.1 Å². The minimum absolute atomic E-state index is 0.134. The topological polar surface area (TPSA) is 92.4 Å². The predicted molar refractivity (Wildman–Crippen MR) is 68.1 cm³/mol. The Bertz CT molecular complexity index is 444. The molecule has 1 aromatic carbocycles. The van der Waals surface area contributed by atoms with E-state index >= 15 is 0 Å². The van der Waals surface area contributed by atoms with Crippen molar-refractivity contribution in [3.8, 4) is 0 Å². The lowest BCUT2D eigenvalue weighted by Gasteiger charge is -2.15. The molecular formula is C13H18N2O3. The highest BCUT2D eigenvalue weighted by molar-refractivity contribution is 5.87. The summed E-state index contributed by atoms with van der Waals surface area (Å²) in [6.07, 6.45) is 0. The highest BCUT2D eigenvalue weighted by atomic mass is 16.4. The third-order valence-corrected chi connectivity index (χ3v) is 2.84. The molecule has 18 heavy (non-hydrogen) atoms. The molecule has 0 aliphatic carbocycles. The number of carbonyl (C=O) groups excluding carboxylic acids is 1. The highest BCUT2D eigenvalue weighted by Crippen LogP contribution is 2.06. The van der Waals surface area contributed by atoms with E-state index in [1.165, 1.54) is 6.07 Å². The van der Waals surface area contributed by atoms with Crippen LogP contribution in [0.15, 0.2) is 24.3 Å². The van der Waals surface area contributed by atoms with E-state index in [1.807, 2.05) is 0 Å². The van der Waals surface area contributed by atoms with E-state index < -0.39 is 5.97 Å². The zero-order valence-electron chi connectivity index (χ0n) is 10.5. The number of aromatic carboxylic acids is 1. The van der Waals surface area contributed by atoms with Crippen LogP contribution in [0.1, 0.15) is 29.8 Å². The van der Waals surface area contributed by atoms with Gasteiger partial charge in [0.15, 0.2) is 0 Å². The molecule has 0 fully saturated rings. The lowest BCUT2D eigenvalue weighted by Crippen LogP contribution is -2.38. The van der Waals surface area contributed by atoms with Crippen LogP contribution in [0, 0.1) is 5.92 Å². The lowest BCUT2D eigenvalue weighted by molar-refractivity contribution is -0.125. The van der Waals surface area contributed by atoms with Gasteiger partial charge >= 0.3 is 5.97 Å². The van der Waals surface area contributed by atoms with Gasteiger partial charge in [0.05, 0.1) is 5.56 Å². The fourth-order valence-corrected chi connectivity index (χ4v) is 1.40. The van der Waals surface area contributed by atoms with Crippen molar-refractivity contribution >= 4 is 11.9 Å². The molecule has 0 heterocycles. The van der Waals surface area contributed by atoms with Gasteiger partial charge in [-0.05, 0) is 24.6 Å². The molecule has 1 rings (SSSR count). The SMILES string of the molecule is CC(N)C(C)C(=O)NCc1cccc(C(=O)O)c1. The molecule has 0 aliphatic heterocycles. The predicted octanol–water partition coefficient (Wildman–Crippen LogP) is 0.984. The smallest absolute Gasteiger partial charge is 0.335 e. The van der Waals surface area contributed by atoms with E-state index in [0.29, 0.717) is 6.54 Å². The van der Waals surface area contributed by atoms with Crippen molar-refractivity contribution in [2.75, 3.05) is 0 Å². The average Bonchev–Trinajstić information content (AvgIpc) is 2.35. The summed E-state index contributed by atoms with van der Waals surface area (Å²) in [6, 6.07) is 6.26. The van der Waals surface area contributed by atoms with Gasteiger partial charge in [0, 0.05) is 18.5 Å². The van der Waals surface area contributed by atoms with Crippen molar-refractivity contribution in [3.05, 3.63) is 35.4 Å². The summed E-state index contributed by atoms with van der Waals surface area (Å²) in [5, 5.41) is 11.6. The number of hydrogen-bond donors (Lipinski definition) is 3. The average molecular weight is 250 g/mol. The Hall–Kier alpha value is -1.88. The Morgan fingerprint density at radius 1 is 1.39 bits per heavy atom. The number of nitrogens with one attached hydrogen (secondary N) is 1. The monoisotopic (exact) mass is 250 g/mol. The zero-order chi connectivity index (χ0) is 13.7. The molecule has 0 aromatic heterocycles. The number of rotatable bonds is 5. The quantitative estimate of drug-likeness (QED) is 0.726. The second kappa shape index (κ2) is 6.16. The first-order chi connectivity index (χ1) is 8.41. The van der Waals surface area contributed by atoms with Crippen LogP contribution in [0.25, 0.3) is 0 Å². The van der Waals surface area contributed by atoms with Crippen LogP contribution in [0.5, 0.6) is 0 Å². The Kier molecular flexibility index (Phi) is 4.85. The molecule has 0 saturated carbocycles. The second-order valence-electron chi connectivity index (χ2n) is 4.37. The molecule has 2 unspecified atom stereocenters. The number of carboxylic acids is 1. The summed E-state index contributed by atoms with van der Waals surface area (Å²) in [5.74, 6) is -1.38.